The minimum atomic E-state index is -0.222. The minimum Gasteiger partial charge on any atom is -0.494 e. The zero-order valence-electron chi connectivity index (χ0n) is 17.3. The Kier molecular flexibility index (Phi) is 7.63. The number of rotatable bonds is 8. The van der Waals surface area contributed by atoms with E-state index in [2.05, 4.69) is 11.0 Å². The number of benzene rings is 2. The van der Waals surface area contributed by atoms with Gasteiger partial charge in [0.05, 0.1) is 31.3 Å². The fraction of sp³-hybridized carbons (Fsp3) is 0.391. The largest absolute Gasteiger partial charge is 0.494 e. The van der Waals surface area contributed by atoms with E-state index in [9.17, 15) is 9.18 Å². The van der Waals surface area contributed by atoms with Gasteiger partial charge in [-0.05, 0) is 43.3 Å². The molecule has 1 heterocycles. The number of ether oxygens (including phenoxy) is 1. The molecular weight excluding hydrogens is 383 g/mol. The first-order valence-corrected chi connectivity index (χ1v) is 10.2. The van der Waals surface area contributed by atoms with Gasteiger partial charge < -0.3 is 14.5 Å². The van der Waals surface area contributed by atoms with Crippen molar-refractivity contribution in [2.45, 2.75) is 13.3 Å². The Morgan fingerprint density at radius 3 is 2.47 bits per heavy atom. The molecule has 6 nitrogen and oxygen atoms in total. The quantitative estimate of drug-likeness (QED) is 0.668. The summed E-state index contributed by atoms with van der Waals surface area (Å²) in [5, 5.41) is 8.98. The number of piperazine rings is 1. The molecule has 0 aromatic heterocycles. The maximum atomic E-state index is 14.0. The molecular formula is C23H27FN4O2. The van der Waals surface area contributed by atoms with E-state index in [1.807, 2.05) is 42.2 Å². The molecule has 1 fully saturated rings. The van der Waals surface area contributed by atoms with Crippen molar-refractivity contribution in [2.24, 2.45) is 0 Å². The average Bonchev–Trinajstić information content (AvgIpc) is 2.76. The third-order valence-corrected chi connectivity index (χ3v) is 5.13. The summed E-state index contributed by atoms with van der Waals surface area (Å²) in [6.07, 6.45) is 0.264. The number of carbonyl (C=O) groups excluding carboxylic acids is 1. The SMILES string of the molecule is CCOc1ccc(N(CCC#N)C(=O)CN2CCN(c3ccccc3F)CC2)cc1. The zero-order chi connectivity index (χ0) is 21.3. The van der Waals surface area contributed by atoms with Gasteiger partial charge in [0.1, 0.15) is 11.6 Å². The van der Waals surface area contributed by atoms with Crippen LogP contribution in [0.2, 0.25) is 0 Å². The molecule has 0 radical (unpaired) electrons. The van der Waals surface area contributed by atoms with Gasteiger partial charge in [0.15, 0.2) is 0 Å². The van der Waals surface area contributed by atoms with E-state index in [-0.39, 0.29) is 24.7 Å². The molecule has 1 aliphatic heterocycles. The van der Waals surface area contributed by atoms with Crippen LogP contribution < -0.4 is 14.5 Å². The maximum Gasteiger partial charge on any atom is 0.241 e. The molecule has 1 amide bonds. The lowest BCUT2D eigenvalue weighted by molar-refractivity contribution is -0.119. The minimum absolute atomic E-state index is 0.0475. The maximum absolute atomic E-state index is 14.0. The first-order valence-electron chi connectivity index (χ1n) is 10.2. The normalized spacial score (nSPS) is 14.2. The number of hydrogen-bond acceptors (Lipinski definition) is 5. The highest BCUT2D eigenvalue weighted by Gasteiger charge is 2.23. The number of para-hydroxylation sites is 1. The van der Waals surface area contributed by atoms with Crippen LogP contribution >= 0.6 is 0 Å². The van der Waals surface area contributed by atoms with E-state index in [0.29, 0.717) is 45.0 Å². The molecule has 0 saturated carbocycles. The number of nitrogens with zero attached hydrogens (tertiary/aromatic N) is 4. The monoisotopic (exact) mass is 410 g/mol. The third-order valence-electron chi connectivity index (χ3n) is 5.13. The Morgan fingerprint density at radius 1 is 1.13 bits per heavy atom. The summed E-state index contributed by atoms with van der Waals surface area (Å²) in [5.41, 5.74) is 1.36. The molecule has 2 aromatic rings. The molecule has 3 rings (SSSR count). The van der Waals surface area contributed by atoms with E-state index in [1.54, 1.807) is 17.0 Å². The lowest BCUT2D eigenvalue weighted by Gasteiger charge is -2.36. The molecule has 0 spiro atoms. The van der Waals surface area contributed by atoms with Crippen LogP contribution in [0.4, 0.5) is 15.8 Å². The molecule has 0 aliphatic carbocycles. The number of hydrogen-bond donors (Lipinski definition) is 0. The van der Waals surface area contributed by atoms with Crippen LogP contribution in [0.25, 0.3) is 0 Å². The van der Waals surface area contributed by atoms with E-state index >= 15 is 0 Å². The number of amides is 1. The van der Waals surface area contributed by atoms with Crippen molar-refractivity contribution in [1.29, 1.82) is 5.26 Å². The second-order valence-electron chi connectivity index (χ2n) is 7.10. The van der Waals surface area contributed by atoms with Crippen LogP contribution in [0.1, 0.15) is 13.3 Å². The topological polar surface area (TPSA) is 59.8 Å². The smallest absolute Gasteiger partial charge is 0.241 e. The number of halogens is 1. The van der Waals surface area contributed by atoms with Crippen molar-refractivity contribution in [3.8, 4) is 11.8 Å². The molecule has 0 bridgehead atoms. The van der Waals surface area contributed by atoms with Gasteiger partial charge in [0.25, 0.3) is 0 Å². The summed E-state index contributed by atoms with van der Waals surface area (Å²) in [6.45, 7) is 5.79. The van der Waals surface area contributed by atoms with Crippen molar-refractivity contribution in [3.63, 3.8) is 0 Å². The molecule has 0 N–H and O–H groups in total. The van der Waals surface area contributed by atoms with Gasteiger partial charge in [0.2, 0.25) is 5.91 Å². The Labute approximate surface area is 177 Å². The fourth-order valence-corrected chi connectivity index (χ4v) is 3.58. The molecule has 0 unspecified atom stereocenters. The highest BCUT2D eigenvalue weighted by atomic mass is 19.1. The van der Waals surface area contributed by atoms with Crippen molar-refractivity contribution < 1.29 is 13.9 Å². The van der Waals surface area contributed by atoms with E-state index < -0.39 is 0 Å². The van der Waals surface area contributed by atoms with Gasteiger partial charge in [-0.25, -0.2) is 4.39 Å². The third kappa shape index (κ3) is 5.49. The Bertz CT molecular complexity index is 874. The molecule has 1 aliphatic rings. The number of carbonyl (C=O) groups is 1. The predicted molar refractivity (Wildman–Crippen MR) is 115 cm³/mol. The predicted octanol–water partition coefficient (Wildman–Crippen LogP) is 3.29. The summed E-state index contributed by atoms with van der Waals surface area (Å²) in [6, 6.07) is 16.2. The summed E-state index contributed by atoms with van der Waals surface area (Å²) in [4.78, 5) is 18.7. The van der Waals surface area contributed by atoms with Gasteiger partial charge >= 0.3 is 0 Å². The van der Waals surface area contributed by atoms with Crippen LogP contribution in [0.5, 0.6) is 5.75 Å². The van der Waals surface area contributed by atoms with Crippen LogP contribution in [-0.2, 0) is 4.79 Å². The number of anilines is 2. The molecule has 2 aromatic carbocycles. The van der Waals surface area contributed by atoms with Crippen molar-refractivity contribution in [1.82, 2.24) is 4.90 Å². The lowest BCUT2D eigenvalue weighted by Crippen LogP contribution is -2.50. The first-order chi connectivity index (χ1) is 14.6. The van der Waals surface area contributed by atoms with Crippen molar-refractivity contribution in [2.75, 3.05) is 55.7 Å². The summed E-state index contributed by atoms with van der Waals surface area (Å²) >= 11 is 0. The van der Waals surface area contributed by atoms with Crippen LogP contribution in [0, 0.1) is 17.1 Å². The van der Waals surface area contributed by atoms with E-state index in [0.717, 1.165) is 11.4 Å². The van der Waals surface area contributed by atoms with E-state index in [4.69, 9.17) is 10.00 Å². The van der Waals surface area contributed by atoms with Gasteiger partial charge in [-0.15, -0.1) is 0 Å². The van der Waals surface area contributed by atoms with Crippen molar-refractivity contribution >= 4 is 17.3 Å². The van der Waals surface area contributed by atoms with Gasteiger partial charge in [-0.2, -0.15) is 5.26 Å². The second-order valence-corrected chi connectivity index (χ2v) is 7.10. The standard InChI is InChI=1S/C23H27FN4O2/c1-2-30-20-10-8-19(9-11-20)28(13-5-12-25)23(29)18-26-14-16-27(17-15-26)22-7-4-3-6-21(22)24/h3-4,6-11H,2,5,13-18H2,1H3. The Morgan fingerprint density at radius 2 is 1.83 bits per heavy atom. The van der Waals surface area contributed by atoms with Crippen LogP contribution in [0.3, 0.4) is 0 Å². The second kappa shape index (κ2) is 10.6. The van der Waals surface area contributed by atoms with Crippen LogP contribution in [0.15, 0.2) is 48.5 Å². The fourth-order valence-electron chi connectivity index (χ4n) is 3.58. The first kappa shape index (κ1) is 21.6. The highest BCUT2D eigenvalue weighted by molar-refractivity contribution is 5.94. The Balaban J connectivity index is 1.60. The molecule has 1 saturated heterocycles. The molecule has 158 valence electrons. The summed E-state index contributed by atoms with van der Waals surface area (Å²) in [7, 11) is 0. The summed E-state index contributed by atoms with van der Waals surface area (Å²) in [5.74, 6) is 0.479. The summed E-state index contributed by atoms with van der Waals surface area (Å²) < 4.78 is 19.5. The molecule has 7 heteroatoms. The highest BCUT2D eigenvalue weighted by Crippen LogP contribution is 2.22. The van der Waals surface area contributed by atoms with Gasteiger partial charge in [0, 0.05) is 38.4 Å². The Hall–Kier alpha value is -3.11. The lowest BCUT2D eigenvalue weighted by atomic mass is 10.2. The molecule has 0 atom stereocenters. The van der Waals surface area contributed by atoms with Crippen LogP contribution in [-0.4, -0.2) is 56.7 Å². The average molecular weight is 410 g/mol. The van der Waals surface area contributed by atoms with E-state index in [1.165, 1.54) is 6.07 Å². The van der Waals surface area contributed by atoms with Crippen molar-refractivity contribution in [3.05, 3.63) is 54.3 Å². The van der Waals surface area contributed by atoms with Gasteiger partial charge in [-0.1, -0.05) is 12.1 Å². The number of nitriles is 1. The molecule has 30 heavy (non-hydrogen) atoms. The van der Waals surface area contributed by atoms with Gasteiger partial charge in [-0.3, -0.25) is 9.69 Å². The zero-order valence-corrected chi connectivity index (χ0v) is 17.3.